The molecular formula is C8H16O2S. The van der Waals surface area contributed by atoms with E-state index < -0.39 is 5.97 Å². The fourth-order valence-corrected chi connectivity index (χ4v) is 1.27. The van der Waals surface area contributed by atoms with Crippen molar-refractivity contribution in [3.8, 4) is 0 Å². The number of thiol groups is 1. The summed E-state index contributed by atoms with van der Waals surface area (Å²) in [6.07, 6.45) is 2.77. The molecule has 2 atom stereocenters. The van der Waals surface area contributed by atoms with Gasteiger partial charge >= 0.3 is 5.97 Å². The lowest BCUT2D eigenvalue weighted by Crippen LogP contribution is -2.21. The fourth-order valence-electron chi connectivity index (χ4n) is 0.995. The zero-order valence-corrected chi connectivity index (χ0v) is 7.97. The third-order valence-corrected chi connectivity index (χ3v) is 2.13. The molecule has 0 rings (SSSR count). The van der Waals surface area contributed by atoms with Crippen LogP contribution in [0.4, 0.5) is 0 Å². The van der Waals surface area contributed by atoms with Crippen molar-refractivity contribution in [2.24, 2.45) is 5.92 Å². The number of hydrogen-bond donors (Lipinski definition) is 2. The molecule has 0 spiro atoms. The molecule has 0 bridgehead atoms. The zero-order valence-electron chi connectivity index (χ0n) is 7.08. The van der Waals surface area contributed by atoms with E-state index in [0.717, 1.165) is 19.3 Å². The zero-order chi connectivity index (χ0) is 8.85. The van der Waals surface area contributed by atoms with Crippen molar-refractivity contribution in [2.75, 3.05) is 0 Å². The first kappa shape index (κ1) is 10.8. The number of carboxylic acids is 1. The minimum Gasteiger partial charge on any atom is -0.481 e. The van der Waals surface area contributed by atoms with Gasteiger partial charge < -0.3 is 5.11 Å². The smallest absolute Gasteiger partial charge is 0.307 e. The number of aliphatic carboxylic acids is 1. The first-order valence-corrected chi connectivity index (χ1v) is 4.52. The van der Waals surface area contributed by atoms with Crippen LogP contribution in [0.25, 0.3) is 0 Å². The van der Waals surface area contributed by atoms with E-state index in [2.05, 4.69) is 19.6 Å². The molecule has 0 fully saturated rings. The molecule has 1 N–H and O–H groups in total. The van der Waals surface area contributed by atoms with Crippen molar-refractivity contribution < 1.29 is 9.90 Å². The summed E-state index contributed by atoms with van der Waals surface area (Å²) in [5.74, 6) is -1.00. The first-order chi connectivity index (χ1) is 5.09. The molecule has 3 heteroatoms. The highest BCUT2D eigenvalue weighted by molar-refractivity contribution is 7.81. The Morgan fingerprint density at radius 3 is 2.45 bits per heavy atom. The van der Waals surface area contributed by atoms with Crippen LogP contribution in [0.1, 0.15) is 33.1 Å². The van der Waals surface area contributed by atoms with Crippen molar-refractivity contribution in [1.29, 1.82) is 0 Å². The van der Waals surface area contributed by atoms with Crippen LogP contribution >= 0.6 is 12.6 Å². The van der Waals surface area contributed by atoms with Crippen LogP contribution in [0.3, 0.4) is 0 Å². The highest BCUT2D eigenvalue weighted by Gasteiger charge is 2.20. The standard InChI is InChI=1S/C8H16O2S/c1-3-4-5-7(6(2)11)8(9)10/h6-7,11H,3-5H2,1-2H3,(H,9,10). The van der Waals surface area contributed by atoms with Gasteiger partial charge in [-0.2, -0.15) is 12.6 Å². The SMILES string of the molecule is CCCCC(C(=O)O)C(C)S. The molecule has 0 radical (unpaired) electrons. The van der Waals surface area contributed by atoms with Crippen molar-refractivity contribution >= 4 is 18.6 Å². The molecule has 0 saturated heterocycles. The normalized spacial score (nSPS) is 15.9. The molecule has 66 valence electrons. The van der Waals surface area contributed by atoms with Crippen molar-refractivity contribution in [3.05, 3.63) is 0 Å². The minimum atomic E-state index is -0.721. The van der Waals surface area contributed by atoms with Crippen LogP contribution in [0.5, 0.6) is 0 Å². The second-order valence-corrected chi connectivity index (χ2v) is 3.64. The van der Waals surface area contributed by atoms with Gasteiger partial charge in [-0.25, -0.2) is 0 Å². The summed E-state index contributed by atoms with van der Waals surface area (Å²) in [5.41, 5.74) is 0. The largest absolute Gasteiger partial charge is 0.481 e. The number of carbonyl (C=O) groups is 1. The lowest BCUT2D eigenvalue weighted by molar-refractivity contribution is -0.141. The van der Waals surface area contributed by atoms with Crippen LogP contribution in [0.15, 0.2) is 0 Å². The Balaban J connectivity index is 3.80. The lowest BCUT2D eigenvalue weighted by Gasteiger charge is -2.14. The topological polar surface area (TPSA) is 37.3 Å². The van der Waals surface area contributed by atoms with Gasteiger partial charge in [-0.3, -0.25) is 4.79 Å². The Morgan fingerprint density at radius 2 is 2.18 bits per heavy atom. The van der Waals surface area contributed by atoms with Gasteiger partial charge in [0.25, 0.3) is 0 Å². The first-order valence-electron chi connectivity index (χ1n) is 4.00. The van der Waals surface area contributed by atoms with E-state index in [0.29, 0.717) is 0 Å². The molecule has 2 nitrogen and oxygen atoms in total. The van der Waals surface area contributed by atoms with Gasteiger partial charge in [0.15, 0.2) is 0 Å². The van der Waals surface area contributed by atoms with E-state index >= 15 is 0 Å². The predicted molar refractivity (Wildman–Crippen MR) is 49.1 cm³/mol. The third-order valence-electron chi connectivity index (χ3n) is 1.77. The van der Waals surface area contributed by atoms with Gasteiger partial charge in [0, 0.05) is 5.25 Å². The van der Waals surface area contributed by atoms with Gasteiger partial charge in [0.05, 0.1) is 5.92 Å². The van der Waals surface area contributed by atoms with Gasteiger partial charge in [0.1, 0.15) is 0 Å². The Hall–Kier alpha value is -0.180. The van der Waals surface area contributed by atoms with E-state index in [1.165, 1.54) is 0 Å². The average molecular weight is 176 g/mol. The maximum Gasteiger partial charge on any atom is 0.307 e. The maximum absolute atomic E-state index is 10.6. The molecule has 0 aromatic carbocycles. The van der Waals surface area contributed by atoms with Crippen molar-refractivity contribution in [2.45, 2.75) is 38.4 Å². The second kappa shape index (κ2) is 5.47. The second-order valence-electron chi connectivity index (χ2n) is 2.83. The Kier molecular flexibility index (Phi) is 5.38. The van der Waals surface area contributed by atoms with Gasteiger partial charge in [-0.15, -0.1) is 0 Å². The summed E-state index contributed by atoms with van der Waals surface area (Å²) in [5, 5.41) is 8.68. The molecule has 0 saturated carbocycles. The third kappa shape index (κ3) is 4.30. The van der Waals surface area contributed by atoms with E-state index in [-0.39, 0.29) is 11.2 Å². The highest BCUT2D eigenvalue weighted by Crippen LogP contribution is 2.17. The molecule has 0 aromatic rings. The van der Waals surface area contributed by atoms with Gasteiger partial charge in [0.2, 0.25) is 0 Å². The average Bonchev–Trinajstić information content (AvgIpc) is 1.87. The molecule has 0 amide bonds. The summed E-state index contributed by atoms with van der Waals surface area (Å²) in [4.78, 5) is 10.6. The monoisotopic (exact) mass is 176 g/mol. The summed E-state index contributed by atoms with van der Waals surface area (Å²) in [6, 6.07) is 0. The summed E-state index contributed by atoms with van der Waals surface area (Å²) in [7, 11) is 0. The molecule has 0 aliphatic rings. The summed E-state index contributed by atoms with van der Waals surface area (Å²) >= 11 is 4.12. The number of hydrogen-bond acceptors (Lipinski definition) is 2. The molecule has 0 aromatic heterocycles. The molecule has 0 heterocycles. The fraction of sp³-hybridized carbons (Fsp3) is 0.875. The van der Waals surface area contributed by atoms with Gasteiger partial charge in [-0.05, 0) is 6.42 Å². The summed E-state index contributed by atoms with van der Waals surface area (Å²) in [6.45, 7) is 3.89. The predicted octanol–water partition coefficient (Wildman–Crippen LogP) is 2.20. The van der Waals surface area contributed by atoms with Crippen LogP contribution in [-0.4, -0.2) is 16.3 Å². The highest BCUT2D eigenvalue weighted by atomic mass is 32.1. The summed E-state index contributed by atoms with van der Waals surface area (Å²) < 4.78 is 0. The Labute approximate surface area is 73.4 Å². The van der Waals surface area contributed by atoms with E-state index in [1.54, 1.807) is 0 Å². The number of unbranched alkanes of at least 4 members (excludes halogenated alkanes) is 1. The van der Waals surface area contributed by atoms with Gasteiger partial charge in [-0.1, -0.05) is 26.7 Å². The van der Waals surface area contributed by atoms with Crippen LogP contribution in [0, 0.1) is 5.92 Å². The number of rotatable bonds is 5. The lowest BCUT2D eigenvalue weighted by atomic mass is 9.99. The molecule has 0 aliphatic carbocycles. The van der Waals surface area contributed by atoms with Crippen LogP contribution in [-0.2, 0) is 4.79 Å². The molecule has 11 heavy (non-hydrogen) atoms. The maximum atomic E-state index is 10.6. The van der Waals surface area contributed by atoms with E-state index in [4.69, 9.17) is 5.11 Å². The number of carboxylic acid groups (broad SMARTS) is 1. The van der Waals surface area contributed by atoms with Crippen LogP contribution < -0.4 is 0 Å². The van der Waals surface area contributed by atoms with E-state index in [9.17, 15) is 4.79 Å². The van der Waals surface area contributed by atoms with Crippen LogP contribution in [0.2, 0.25) is 0 Å². The molecule has 2 unspecified atom stereocenters. The van der Waals surface area contributed by atoms with Crippen molar-refractivity contribution in [3.63, 3.8) is 0 Å². The van der Waals surface area contributed by atoms with Crippen molar-refractivity contribution in [1.82, 2.24) is 0 Å². The Morgan fingerprint density at radius 1 is 1.64 bits per heavy atom. The molecule has 0 aliphatic heterocycles. The quantitative estimate of drug-likeness (QED) is 0.630. The molecular weight excluding hydrogens is 160 g/mol. The minimum absolute atomic E-state index is 0.0425. The van der Waals surface area contributed by atoms with E-state index in [1.807, 2.05) is 6.92 Å². The Bertz CT molecular complexity index is 123.